The van der Waals surface area contributed by atoms with Gasteiger partial charge in [0.1, 0.15) is 0 Å². The first-order chi connectivity index (χ1) is 9.18. The molecule has 0 N–H and O–H groups in total. The van der Waals surface area contributed by atoms with Gasteiger partial charge >= 0.3 is 0 Å². The van der Waals surface area contributed by atoms with Crippen molar-refractivity contribution in [2.45, 2.75) is 31.8 Å². The van der Waals surface area contributed by atoms with Crippen molar-refractivity contribution in [2.24, 2.45) is 0 Å². The van der Waals surface area contributed by atoms with Gasteiger partial charge in [0.2, 0.25) is 0 Å². The summed E-state index contributed by atoms with van der Waals surface area (Å²) in [6.07, 6.45) is 2.43. The number of hydrogen-bond acceptors (Lipinski definition) is 5. The minimum Gasteiger partial charge on any atom is -0.378 e. The Morgan fingerprint density at radius 1 is 1.37 bits per heavy atom. The Kier molecular flexibility index (Phi) is 3.89. The van der Waals surface area contributed by atoms with Gasteiger partial charge in [-0.3, -0.25) is 9.80 Å². The molecule has 2 fully saturated rings. The number of likely N-dealkylation sites (tertiary alicyclic amines) is 1. The van der Waals surface area contributed by atoms with Gasteiger partial charge in [-0.2, -0.15) is 0 Å². The lowest BCUT2D eigenvalue weighted by Gasteiger charge is -2.49. The van der Waals surface area contributed by atoms with E-state index in [0.717, 1.165) is 39.4 Å². The number of nitrogens with zero attached hydrogens (tertiary/aromatic N) is 3. The van der Waals surface area contributed by atoms with Gasteiger partial charge in [0.15, 0.2) is 0 Å². The lowest BCUT2D eigenvalue weighted by molar-refractivity contribution is -0.0837. The smallest absolute Gasteiger partial charge is 0.0897 e. The Labute approximate surface area is 119 Å². The Morgan fingerprint density at radius 2 is 2.16 bits per heavy atom. The fourth-order valence-electron chi connectivity index (χ4n) is 3.17. The number of aryl methyl sites for hydroxylation is 1. The second-order valence-electron chi connectivity index (χ2n) is 5.83. The molecule has 0 saturated carbocycles. The zero-order valence-corrected chi connectivity index (χ0v) is 12.7. The number of likely N-dealkylation sites (N-methyl/N-ethyl adjacent to an activating group) is 1. The van der Waals surface area contributed by atoms with Gasteiger partial charge in [-0.15, -0.1) is 11.3 Å². The second-order valence-corrected chi connectivity index (χ2v) is 6.89. The molecule has 1 aromatic heterocycles. The molecule has 2 saturated heterocycles. The number of rotatable bonds is 2. The van der Waals surface area contributed by atoms with E-state index >= 15 is 0 Å². The molecule has 19 heavy (non-hydrogen) atoms. The molecule has 2 aliphatic heterocycles. The van der Waals surface area contributed by atoms with Crippen molar-refractivity contribution < 1.29 is 4.74 Å². The highest BCUT2D eigenvalue weighted by Gasteiger charge is 2.40. The number of morpholine rings is 1. The molecule has 0 unspecified atom stereocenters. The molecule has 0 aromatic carbocycles. The molecule has 2 aliphatic rings. The Bertz CT molecular complexity index is 426. The molecule has 0 amide bonds. The maximum Gasteiger partial charge on any atom is 0.0897 e. The average molecular weight is 281 g/mol. The van der Waals surface area contributed by atoms with Crippen LogP contribution in [0, 0.1) is 6.92 Å². The van der Waals surface area contributed by atoms with Crippen molar-refractivity contribution in [1.29, 1.82) is 0 Å². The monoisotopic (exact) mass is 281 g/mol. The number of piperidine rings is 1. The normalized spacial score (nSPS) is 24.9. The van der Waals surface area contributed by atoms with E-state index in [1.807, 2.05) is 0 Å². The van der Waals surface area contributed by atoms with Gasteiger partial charge in [-0.05, 0) is 26.8 Å². The van der Waals surface area contributed by atoms with Crippen LogP contribution in [0.15, 0.2) is 5.38 Å². The lowest BCUT2D eigenvalue weighted by Crippen LogP contribution is -2.59. The molecule has 1 aromatic rings. The Morgan fingerprint density at radius 3 is 2.79 bits per heavy atom. The fraction of sp³-hybridized carbons (Fsp3) is 0.786. The minimum absolute atomic E-state index is 0.298. The zero-order chi connectivity index (χ0) is 13.3. The molecule has 4 nitrogen and oxygen atoms in total. The van der Waals surface area contributed by atoms with E-state index in [0.29, 0.717) is 5.54 Å². The van der Waals surface area contributed by atoms with Crippen LogP contribution < -0.4 is 0 Å². The topological polar surface area (TPSA) is 28.6 Å². The highest BCUT2D eigenvalue weighted by atomic mass is 32.1. The SMILES string of the molecule is Cc1nc(CN2CCC3(CC2)COCCN3C)cs1. The second kappa shape index (κ2) is 5.48. The highest BCUT2D eigenvalue weighted by molar-refractivity contribution is 7.09. The van der Waals surface area contributed by atoms with Crippen molar-refractivity contribution in [3.63, 3.8) is 0 Å². The fourth-order valence-corrected chi connectivity index (χ4v) is 3.78. The van der Waals surface area contributed by atoms with Crippen LogP contribution >= 0.6 is 11.3 Å². The number of aromatic nitrogens is 1. The lowest BCUT2D eigenvalue weighted by atomic mass is 9.86. The van der Waals surface area contributed by atoms with Crippen LogP contribution in [-0.2, 0) is 11.3 Å². The number of thiazole rings is 1. The van der Waals surface area contributed by atoms with Gasteiger partial charge in [-0.25, -0.2) is 4.98 Å². The van der Waals surface area contributed by atoms with Crippen molar-refractivity contribution >= 4 is 11.3 Å². The van der Waals surface area contributed by atoms with Crippen LogP contribution in [0.4, 0.5) is 0 Å². The average Bonchev–Trinajstić information content (AvgIpc) is 2.81. The van der Waals surface area contributed by atoms with Crippen molar-refractivity contribution in [3.05, 3.63) is 16.1 Å². The molecule has 106 valence electrons. The third kappa shape index (κ3) is 2.84. The molecule has 1 spiro atoms. The third-order valence-electron chi connectivity index (χ3n) is 4.59. The summed E-state index contributed by atoms with van der Waals surface area (Å²) in [4.78, 5) is 9.61. The summed E-state index contributed by atoms with van der Waals surface area (Å²) < 4.78 is 5.72. The van der Waals surface area contributed by atoms with E-state index in [2.05, 4.69) is 34.1 Å². The molecule has 0 aliphatic carbocycles. The minimum atomic E-state index is 0.298. The highest BCUT2D eigenvalue weighted by Crippen LogP contribution is 2.31. The predicted molar refractivity (Wildman–Crippen MR) is 77.5 cm³/mol. The van der Waals surface area contributed by atoms with Crippen LogP contribution in [0.5, 0.6) is 0 Å². The van der Waals surface area contributed by atoms with Crippen LogP contribution in [0.3, 0.4) is 0 Å². The summed E-state index contributed by atoms with van der Waals surface area (Å²) in [6, 6.07) is 0. The van der Waals surface area contributed by atoms with Crippen LogP contribution in [0.1, 0.15) is 23.5 Å². The predicted octanol–water partition coefficient (Wildman–Crippen LogP) is 1.75. The maximum atomic E-state index is 5.72. The number of hydrogen-bond donors (Lipinski definition) is 0. The largest absolute Gasteiger partial charge is 0.378 e. The summed E-state index contributed by atoms with van der Waals surface area (Å²) in [5, 5.41) is 3.36. The van der Waals surface area contributed by atoms with E-state index in [1.165, 1.54) is 23.5 Å². The van der Waals surface area contributed by atoms with Gasteiger partial charge < -0.3 is 4.74 Å². The van der Waals surface area contributed by atoms with Crippen LogP contribution in [-0.4, -0.2) is 60.2 Å². The molecule has 5 heteroatoms. The standard InChI is InChI=1S/C14H23N3OS/c1-12-15-13(10-19-12)9-17-5-3-14(4-6-17)11-18-8-7-16(14)2/h10H,3-9,11H2,1-2H3. The molecule has 0 bridgehead atoms. The quantitative estimate of drug-likeness (QED) is 0.826. The van der Waals surface area contributed by atoms with Crippen molar-refractivity contribution in [3.8, 4) is 0 Å². The van der Waals surface area contributed by atoms with E-state index in [1.54, 1.807) is 11.3 Å². The van der Waals surface area contributed by atoms with E-state index in [-0.39, 0.29) is 0 Å². The van der Waals surface area contributed by atoms with E-state index < -0.39 is 0 Å². The number of ether oxygens (including phenoxy) is 1. The maximum absolute atomic E-state index is 5.72. The molecule has 3 rings (SSSR count). The molecular formula is C14H23N3OS. The van der Waals surface area contributed by atoms with Crippen LogP contribution in [0.25, 0.3) is 0 Å². The Hall–Kier alpha value is -0.490. The molecule has 0 atom stereocenters. The summed E-state index contributed by atoms with van der Waals surface area (Å²) in [5.41, 5.74) is 1.53. The summed E-state index contributed by atoms with van der Waals surface area (Å²) in [5.74, 6) is 0. The summed E-state index contributed by atoms with van der Waals surface area (Å²) in [7, 11) is 2.25. The van der Waals surface area contributed by atoms with Gasteiger partial charge in [-0.1, -0.05) is 0 Å². The first kappa shape index (κ1) is 13.5. The third-order valence-corrected chi connectivity index (χ3v) is 5.41. The van der Waals surface area contributed by atoms with Crippen LogP contribution in [0.2, 0.25) is 0 Å². The Balaban J connectivity index is 1.57. The first-order valence-corrected chi connectivity index (χ1v) is 7.98. The molecular weight excluding hydrogens is 258 g/mol. The van der Waals surface area contributed by atoms with E-state index in [9.17, 15) is 0 Å². The van der Waals surface area contributed by atoms with Gasteiger partial charge in [0.05, 0.1) is 23.9 Å². The van der Waals surface area contributed by atoms with Gasteiger partial charge in [0, 0.05) is 37.1 Å². The molecule has 3 heterocycles. The van der Waals surface area contributed by atoms with Crippen molar-refractivity contribution in [1.82, 2.24) is 14.8 Å². The summed E-state index contributed by atoms with van der Waals surface area (Å²) in [6.45, 7) is 8.27. The van der Waals surface area contributed by atoms with Crippen molar-refractivity contribution in [2.75, 3.05) is 39.9 Å². The zero-order valence-electron chi connectivity index (χ0n) is 11.9. The first-order valence-electron chi connectivity index (χ1n) is 7.10. The van der Waals surface area contributed by atoms with E-state index in [4.69, 9.17) is 4.74 Å². The molecule has 0 radical (unpaired) electrons. The van der Waals surface area contributed by atoms with Gasteiger partial charge in [0.25, 0.3) is 0 Å². The summed E-state index contributed by atoms with van der Waals surface area (Å²) >= 11 is 1.75.